The fraction of sp³-hybridized carbons (Fsp3) is 0.182. The lowest BCUT2D eigenvalue weighted by atomic mass is 10.1. The first-order valence-corrected chi connectivity index (χ1v) is 35.5. The third-order valence-corrected chi connectivity index (χ3v) is 18.1. The van der Waals surface area contributed by atoms with Crippen molar-refractivity contribution in [3.8, 4) is 23.0 Å². The molecule has 0 saturated carbocycles. The maximum absolute atomic E-state index is 13.9. The van der Waals surface area contributed by atoms with Crippen LogP contribution in [0, 0.1) is 13.8 Å². The minimum atomic E-state index is -4.99. The number of hydrogen-bond acceptors (Lipinski definition) is 25. The van der Waals surface area contributed by atoms with E-state index in [0.29, 0.717) is 23.3 Å². The van der Waals surface area contributed by atoms with Gasteiger partial charge in [-0.15, -0.1) is 10.2 Å². The summed E-state index contributed by atoms with van der Waals surface area (Å²) in [6.07, 6.45) is -0.388. The Kier molecular flexibility index (Phi) is 21.3. The average molecular weight is 1410 g/mol. The number of ether oxygens (including phenoxy) is 4. The summed E-state index contributed by atoms with van der Waals surface area (Å²) in [5.41, 5.74) is 2.10. The van der Waals surface area contributed by atoms with E-state index < -0.39 is 97.8 Å². The van der Waals surface area contributed by atoms with Crippen LogP contribution in [0.4, 0.5) is 61.7 Å². The van der Waals surface area contributed by atoms with Gasteiger partial charge in [0.1, 0.15) is 44.2 Å². The minimum absolute atomic E-state index is 0.0258. The molecule has 0 atom stereocenters. The fourth-order valence-electron chi connectivity index (χ4n) is 8.62. The maximum Gasteiger partial charge on any atom is 0.323 e. The van der Waals surface area contributed by atoms with Crippen molar-refractivity contribution in [3.63, 3.8) is 0 Å². The van der Waals surface area contributed by atoms with Crippen molar-refractivity contribution in [1.82, 2.24) is 0 Å². The van der Waals surface area contributed by atoms with E-state index in [2.05, 4.69) is 51.5 Å². The number of hydrogen-bond donors (Lipinski definition) is 8. The number of carbonyl (C=O) groups excluding carboxylic acids is 1. The second-order valence-electron chi connectivity index (χ2n) is 19.9. The second kappa shape index (κ2) is 28.5. The van der Waals surface area contributed by atoms with Crippen molar-refractivity contribution in [3.05, 3.63) is 132 Å². The Morgan fingerprint density at radius 3 is 1.06 bits per heavy atom. The maximum atomic E-state index is 13.9. The zero-order valence-corrected chi connectivity index (χ0v) is 53.8. The number of amides is 2. The zero-order chi connectivity index (χ0) is 68.7. The number of rotatable bonds is 26. The lowest BCUT2D eigenvalue weighted by Crippen LogP contribution is -2.21. The van der Waals surface area contributed by atoms with Crippen molar-refractivity contribution in [2.24, 2.45) is 40.9 Å². The van der Waals surface area contributed by atoms with Gasteiger partial charge in [-0.25, -0.2) is 4.79 Å². The van der Waals surface area contributed by atoms with Gasteiger partial charge in [-0.2, -0.15) is 81.2 Å². The summed E-state index contributed by atoms with van der Waals surface area (Å²) in [4.78, 5) is 10.8. The van der Waals surface area contributed by atoms with Gasteiger partial charge in [0.05, 0.1) is 94.2 Å². The number of fused-ring (bicyclic) bond motifs is 2. The molecule has 0 aliphatic rings. The molecule has 496 valence electrons. The SMILES string of the molecule is COc1cc(N=Nc2ccc3cc(S(=O)(=O)O)cc(S(=O)(=O)O)c3c2)ccc1N=Nc1cc(OCCCS(=O)(=O)O)c(NC(=O)Nc2cc(C)c(N=Nc3ccc(N=Nc4ccc5cc(S(=O)(=O)O)cc(S(=O)(=O)O)c5c4)cc3OC)cc2OCCCS(=O)(=O)O)cc1C. The van der Waals surface area contributed by atoms with Crippen molar-refractivity contribution >= 4 is 145 Å². The van der Waals surface area contributed by atoms with E-state index in [4.69, 9.17) is 18.9 Å². The molecular formula is C55H52N10O23S6. The Morgan fingerprint density at radius 1 is 0.394 bits per heavy atom. The number of aryl methyl sites for hydroxylation is 2. The minimum Gasteiger partial charge on any atom is -0.494 e. The van der Waals surface area contributed by atoms with E-state index in [0.717, 1.165) is 12.1 Å². The first-order valence-electron chi connectivity index (χ1n) is 26.6. The van der Waals surface area contributed by atoms with Crippen molar-refractivity contribution in [2.75, 3.05) is 49.6 Å². The Hall–Kier alpha value is -9.39. The largest absolute Gasteiger partial charge is 0.494 e. The van der Waals surface area contributed by atoms with E-state index in [-0.39, 0.29) is 127 Å². The summed E-state index contributed by atoms with van der Waals surface area (Å²) >= 11 is 0. The summed E-state index contributed by atoms with van der Waals surface area (Å²) in [5.74, 6) is -1.17. The third kappa shape index (κ3) is 18.9. The van der Waals surface area contributed by atoms with E-state index in [1.54, 1.807) is 13.8 Å². The number of anilines is 2. The second-order valence-corrected chi connectivity index (χ2v) is 28.7. The zero-order valence-electron chi connectivity index (χ0n) is 48.9. The van der Waals surface area contributed by atoms with Crippen LogP contribution in [0.2, 0.25) is 0 Å². The molecule has 0 saturated heterocycles. The first-order chi connectivity index (χ1) is 43.9. The van der Waals surface area contributed by atoms with Gasteiger partial charge in [0.25, 0.3) is 60.7 Å². The number of carbonyl (C=O) groups is 1. The van der Waals surface area contributed by atoms with Crippen LogP contribution in [0.25, 0.3) is 21.5 Å². The number of nitrogens with one attached hydrogen (secondary N) is 2. The lowest BCUT2D eigenvalue weighted by Gasteiger charge is -2.17. The molecule has 0 aliphatic heterocycles. The summed E-state index contributed by atoms with van der Waals surface area (Å²) in [7, 11) is -25.8. The van der Waals surface area contributed by atoms with Crippen LogP contribution in [0.5, 0.6) is 23.0 Å². The summed E-state index contributed by atoms with van der Waals surface area (Å²) in [5, 5.41) is 39.1. The summed E-state index contributed by atoms with van der Waals surface area (Å²) < 4.78 is 222. The molecule has 8 aromatic carbocycles. The molecule has 8 aromatic rings. The molecule has 8 rings (SSSR count). The number of nitrogens with zero attached hydrogens (tertiary/aromatic N) is 8. The molecule has 0 fully saturated rings. The number of methoxy groups -OCH3 is 2. The molecular weight excluding hydrogens is 1360 g/mol. The highest BCUT2D eigenvalue weighted by atomic mass is 32.2. The average Bonchev–Trinajstić information content (AvgIpc) is 0.776. The van der Waals surface area contributed by atoms with Crippen LogP contribution in [0.1, 0.15) is 24.0 Å². The van der Waals surface area contributed by atoms with E-state index in [1.807, 2.05) is 0 Å². The van der Waals surface area contributed by atoms with Crippen molar-refractivity contribution in [2.45, 2.75) is 46.3 Å². The van der Waals surface area contributed by atoms with Crippen LogP contribution in [-0.4, -0.2) is 123 Å². The summed E-state index contributed by atoms with van der Waals surface area (Å²) in [6.45, 7) is 2.64. The van der Waals surface area contributed by atoms with E-state index >= 15 is 0 Å². The molecule has 0 bridgehead atoms. The number of urea groups is 1. The van der Waals surface area contributed by atoms with Gasteiger partial charge in [-0.1, -0.05) is 12.1 Å². The molecule has 33 nitrogen and oxygen atoms in total. The Morgan fingerprint density at radius 2 is 0.734 bits per heavy atom. The van der Waals surface area contributed by atoms with Crippen LogP contribution in [0.3, 0.4) is 0 Å². The van der Waals surface area contributed by atoms with Gasteiger partial charge in [-0.3, -0.25) is 27.3 Å². The molecule has 2 amide bonds. The van der Waals surface area contributed by atoms with Gasteiger partial charge in [0.15, 0.2) is 0 Å². The predicted molar refractivity (Wildman–Crippen MR) is 338 cm³/mol. The topological polar surface area (TPSA) is 503 Å². The molecule has 94 heavy (non-hydrogen) atoms. The van der Waals surface area contributed by atoms with Crippen molar-refractivity contribution < 1.29 is 102 Å². The highest BCUT2D eigenvalue weighted by molar-refractivity contribution is 7.87. The van der Waals surface area contributed by atoms with E-state index in [1.165, 1.54) is 111 Å². The van der Waals surface area contributed by atoms with Crippen molar-refractivity contribution in [1.29, 1.82) is 0 Å². The van der Waals surface area contributed by atoms with Crippen LogP contribution in [0.15, 0.2) is 182 Å². The Labute approximate surface area is 535 Å². The fourth-order valence-corrected chi connectivity index (χ4v) is 12.3. The normalized spacial score (nSPS) is 12.8. The highest BCUT2D eigenvalue weighted by Crippen LogP contribution is 2.41. The predicted octanol–water partition coefficient (Wildman–Crippen LogP) is 12.2. The first kappa shape index (κ1) is 70.5. The van der Waals surface area contributed by atoms with Crippen LogP contribution >= 0.6 is 0 Å². The highest BCUT2D eigenvalue weighted by Gasteiger charge is 2.24. The molecule has 0 spiro atoms. The molecule has 0 radical (unpaired) electrons. The van der Waals surface area contributed by atoms with E-state index in [9.17, 15) is 82.6 Å². The Bertz CT molecular complexity index is 4870. The Balaban J connectivity index is 1.02. The standard InChI is InChI=1S/C55H52N10O23S6/c1-31-19-47(51(87-15-5-17-89(67,68)69)29-45(31)64-62-43-13-11-37(25-49(43)85-3)60-58-35-9-7-33-21-39(91(73,74)75)27-53(41(33)23-35)93(79,80)81)56-55(66)57-48-20-32(2)46(30-52(48)88-16-6-18-90(70,71)72)65-63-44-14-12-38(26-50(44)86-4)61-59-36-10-8-34-22-40(92(76,77)78)28-54(42(34)24-36)94(82,83)84/h7-14,19-30H,5-6,15-18H2,1-4H3,(H2,56,57,66)(H,67,68,69)(H,70,71,72)(H,73,74,75)(H,76,77,78)(H,79,80,81)(H,82,83,84). The molecule has 0 unspecified atom stereocenters. The van der Waals surface area contributed by atoms with Crippen LogP contribution < -0.4 is 29.6 Å². The molecule has 0 aliphatic carbocycles. The summed E-state index contributed by atoms with van der Waals surface area (Å²) in [6, 6.07) is 24.5. The van der Waals surface area contributed by atoms with Gasteiger partial charge >= 0.3 is 6.03 Å². The number of benzene rings is 8. The van der Waals surface area contributed by atoms with Gasteiger partial charge < -0.3 is 29.6 Å². The smallest absolute Gasteiger partial charge is 0.323 e. The lowest BCUT2D eigenvalue weighted by molar-refractivity contribution is 0.261. The third-order valence-electron chi connectivity index (χ3n) is 13.0. The molecule has 0 aromatic heterocycles. The quantitative estimate of drug-likeness (QED) is 0.0142. The van der Waals surface area contributed by atoms with Gasteiger partial charge in [-0.05, 0) is 134 Å². The molecule has 8 N–H and O–H groups in total. The molecule has 39 heteroatoms. The van der Waals surface area contributed by atoms with Gasteiger partial charge in [0, 0.05) is 35.0 Å². The molecule has 0 heterocycles. The number of azo groups is 4. The van der Waals surface area contributed by atoms with Crippen LogP contribution in [-0.2, 0) is 60.7 Å². The monoisotopic (exact) mass is 1410 g/mol. The van der Waals surface area contributed by atoms with Gasteiger partial charge in [0.2, 0.25) is 0 Å².